The Balaban J connectivity index is 1.64. The molecule has 0 bridgehead atoms. The van der Waals surface area contributed by atoms with Crippen molar-refractivity contribution in [1.29, 1.82) is 0 Å². The van der Waals surface area contributed by atoms with Crippen molar-refractivity contribution in [3.63, 3.8) is 0 Å². The van der Waals surface area contributed by atoms with E-state index in [9.17, 15) is 25.2 Å². The van der Waals surface area contributed by atoms with Crippen LogP contribution in [0.3, 0.4) is 0 Å². The van der Waals surface area contributed by atoms with Gasteiger partial charge < -0.3 is 34.7 Å². The Labute approximate surface area is 154 Å². The standard InChI is InChI=1S/C20H18O7/c21-15-16(22)18(19(24)25)27-20(17(15)23)26-14-6-5-12-7-10-3-1-2-4-11(10)8-13(12)9-14/h1-9,15-18,20-23H,(H,24,25)/p-1. The largest absolute Gasteiger partial charge is 0.547 e. The second kappa shape index (κ2) is 6.79. The minimum absolute atomic E-state index is 0.322. The van der Waals surface area contributed by atoms with Crippen LogP contribution >= 0.6 is 0 Å². The third kappa shape index (κ3) is 3.22. The summed E-state index contributed by atoms with van der Waals surface area (Å²) in [5.74, 6) is -1.38. The van der Waals surface area contributed by atoms with Crippen LogP contribution < -0.4 is 9.84 Å². The lowest BCUT2D eigenvalue weighted by Crippen LogP contribution is -2.63. The first kappa shape index (κ1) is 17.7. The van der Waals surface area contributed by atoms with E-state index in [1.807, 2.05) is 42.5 Å². The molecule has 27 heavy (non-hydrogen) atoms. The average molecular weight is 369 g/mol. The predicted molar refractivity (Wildman–Crippen MR) is 93.8 cm³/mol. The summed E-state index contributed by atoms with van der Waals surface area (Å²) in [6.45, 7) is 0. The van der Waals surface area contributed by atoms with Crippen LogP contribution in [0.15, 0.2) is 54.6 Å². The van der Waals surface area contributed by atoms with Gasteiger partial charge in [0.1, 0.15) is 30.2 Å². The van der Waals surface area contributed by atoms with E-state index in [2.05, 4.69) is 0 Å². The van der Waals surface area contributed by atoms with Gasteiger partial charge in [0.2, 0.25) is 6.29 Å². The first-order valence-corrected chi connectivity index (χ1v) is 8.44. The highest BCUT2D eigenvalue weighted by Gasteiger charge is 2.45. The van der Waals surface area contributed by atoms with Crippen LogP contribution in [0.4, 0.5) is 0 Å². The van der Waals surface area contributed by atoms with Crippen molar-refractivity contribution >= 4 is 27.5 Å². The second-order valence-electron chi connectivity index (χ2n) is 6.54. The molecule has 7 heteroatoms. The number of ether oxygens (including phenoxy) is 2. The number of benzene rings is 3. The van der Waals surface area contributed by atoms with E-state index in [0.717, 1.165) is 21.5 Å². The zero-order valence-corrected chi connectivity index (χ0v) is 14.1. The summed E-state index contributed by atoms with van der Waals surface area (Å²) in [7, 11) is 0. The highest BCUT2D eigenvalue weighted by molar-refractivity contribution is 5.98. The summed E-state index contributed by atoms with van der Waals surface area (Å²) in [6, 6.07) is 17.1. The lowest BCUT2D eigenvalue weighted by Gasteiger charge is -2.40. The fraction of sp³-hybridized carbons (Fsp3) is 0.250. The molecule has 0 amide bonds. The molecule has 3 N–H and O–H groups in total. The van der Waals surface area contributed by atoms with E-state index in [1.165, 1.54) is 0 Å². The predicted octanol–water partition coefficient (Wildman–Crippen LogP) is -0.0707. The van der Waals surface area contributed by atoms with Crippen LogP contribution in [-0.2, 0) is 9.53 Å². The number of rotatable bonds is 3. The topological polar surface area (TPSA) is 119 Å². The summed E-state index contributed by atoms with van der Waals surface area (Å²) >= 11 is 0. The van der Waals surface area contributed by atoms with Crippen LogP contribution in [-0.4, -0.2) is 52.0 Å². The molecule has 1 heterocycles. The number of fused-ring (bicyclic) bond motifs is 2. The van der Waals surface area contributed by atoms with Crippen molar-refractivity contribution in [2.75, 3.05) is 0 Å². The maximum atomic E-state index is 11.1. The Bertz CT molecular complexity index is 1000. The minimum atomic E-state index is -1.81. The van der Waals surface area contributed by atoms with Gasteiger partial charge in [-0.3, -0.25) is 0 Å². The van der Waals surface area contributed by atoms with Gasteiger partial charge >= 0.3 is 0 Å². The fourth-order valence-corrected chi connectivity index (χ4v) is 3.27. The Hall–Kier alpha value is -2.71. The molecule has 3 aromatic carbocycles. The molecule has 0 aromatic heterocycles. The number of carboxylic acids is 1. The molecule has 5 atom stereocenters. The quantitative estimate of drug-likeness (QED) is 0.553. The van der Waals surface area contributed by atoms with E-state index < -0.39 is 36.7 Å². The molecule has 0 saturated carbocycles. The van der Waals surface area contributed by atoms with Crippen LogP contribution in [0.25, 0.3) is 21.5 Å². The Morgan fingerprint density at radius 3 is 2.15 bits per heavy atom. The van der Waals surface area contributed by atoms with Crippen molar-refractivity contribution in [3.8, 4) is 5.75 Å². The number of aliphatic carboxylic acids is 1. The number of carbonyl (C=O) groups is 1. The summed E-state index contributed by atoms with van der Waals surface area (Å²) < 4.78 is 10.6. The lowest BCUT2D eigenvalue weighted by atomic mass is 9.99. The van der Waals surface area contributed by atoms with Crippen LogP contribution in [0, 0.1) is 0 Å². The Kier molecular flexibility index (Phi) is 4.45. The van der Waals surface area contributed by atoms with Gasteiger partial charge in [-0.1, -0.05) is 30.3 Å². The van der Waals surface area contributed by atoms with E-state index in [-0.39, 0.29) is 0 Å². The first-order valence-electron chi connectivity index (χ1n) is 8.44. The van der Waals surface area contributed by atoms with Gasteiger partial charge in [0.05, 0.1) is 5.97 Å². The van der Waals surface area contributed by atoms with Crippen LogP contribution in [0.1, 0.15) is 0 Å². The Morgan fingerprint density at radius 1 is 0.852 bits per heavy atom. The third-order valence-corrected chi connectivity index (χ3v) is 4.73. The average Bonchev–Trinajstić information content (AvgIpc) is 2.66. The second-order valence-corrected chi connectivity index (χ2v) is 6.54. The van der Waals surface area contributed by atoms with Crippen molar-refractivity contribution in [1.82, 2.24) is 0 Å². The summed E-state index contributed by atoms with van der Waals surface area (Å²) in [4.78, 5) is 11.1. The van der Waals surface area contributed by atoms with Crippen molar-refractivity contribution in [2.45, 2.75) is 30.7 Å². The maximum absolute atomic E-state index is 11.1. The number of aliphatic hydroxyl groups is 3. The number of carbonyl (C=O) groups excluding carboxylic acids is 1. The minimum Gasteiger partial charge on any atom is -0.547 e. The summed E-state index contributed by atoms with van der Waals surface area (Å²) in [5, 5.41) is 44.7. The summed E-state index contributed by atoms with van der Waals surface area (Å²) in [5.41, 5.74) is 0. The SMILES string of the molecule is O=C([O-])C1OC(Oc2ccc3cc4ccccc4cc3c2)C(O)C(O)C1O. The van der Waals surface area contributed by atoms with Gasteiger partial charge in [-0.15, -0.1) is 0 Å². The Morgan fingerprint density at radius 2 is 1.48 bits per heavy atom. The van der Waals surface area contributed by atoms with Gasteiger partial charge in [-0.05, 0) is 45.8 Å². The van der Waals surface area contributed by atoms with Crippen LogP contribution in [0.5, 0.6) is 5.75 Å². The number of hydrogen-bond acceptors (Lipinski definition) is 7. The van der Waals surface area contributed by atoms with Crippen LogP contribution in [0.2, 0.25) is 0 Å². The molecule has 1 aliphatic rings. The van der Waals surface area contributed by atoms with E-state index in [4.69, 9.17) is 9.47 Å². The van der Waals surface area contributed by atoms with E-state index >= 15 is 0 Å². The van der Waals surface area contributed by atoms with E-state index in [1.54, 1.807) is 12.1 Å². The molecular formula is C20H17O7-. The zero-order valence-electron chi connectivity index (χ0n) is 14.1. The van der Waals surface area contributed by atoms with Gasteiger partial charge in [-0.25, -0.2) is 0 Å². The molecule has 140 valence electrons. The maximum Gasteiger partial charge on any atom is 0.229 e. The zero-order chi connectivity index (χ0) is 19.1. The molecule has 5 unspecified atom stereocenters. The molecule has 1 saturated heterocycles. The van der Waals surface area contributed by atoms with Gasteiger partial charge in [-0.2, -0.15) is 0 Å². The monoisotopic (exact) mass is 369 g/mol. The van der Waals surface area contributed by atoms with Crippen molar-refractivity contribution in [2.24, 2.45) is 0 Å². The van der Waals surface area contributed by atoms with Crippen molar-refractivity contribution in [3.05, 3.63) is 54.6 Å². The number of hydrogen-bond donors (Lipinski definition) is 3. The number of carboxylic acid groups (broad SMARTS) is 1. The molecular weight excluding hydrogens is 352 g/mol. The van der Waals surface area contributed by atoms with E-state index in [0.29, 0.717) is 5.75 Å². The molecule has 3 aromatic rings. The highest BCUT2D eigenvalue weighted by Crippen LogP contribution is 2.29. The fourth-order valence-electron chi connectivity index (χ4n) is 3.27. The molecule has 1 aliphatic heterocycles. The van der Waals surface area contributed by atoms with Gasteiger partial charge in [0, 0.05) is 0 Å². The normalized spacial score (nSPS) is 28.3. The molecule has 0 radical (unpaired) electrons. The van der Waals surface area contributed by atoms with Gasteiger partial charge in [0.15, 0.2) is 0 Å². The lowest BCUT2D eigenvalue weighted by molar-refractivity contribution is -0.342. The molecule has 0 spiro atoms. The molecule has 0 aliphatic carbocycles. The smallest absolute Gasteiger partial charge is 0.229 e. The number of aliphatic hydroxyl groups excluding tert-OH is 3. The van der Waals surface area contributed by atoms with Crippen molar-refractivity contribution < 1.29 is 34.7 Å². The molecule has 7 nitrogen and oxygen atoms in total. The summed E-state index contributed by atoms with van der Waals surface area (Å²) in [6.07, 6.45) is -8.45. The molecule has 4 rings (SSSR count). The van der Waals surface area contributed by atoms with Gasteiger partial charge in [0.25, 0.3) is 0 Å². The molecule has 1 fully saturated rings. The third-order valence-electron chi connectivity index (χ3n) is 4.73. The first-order chi connectivity index (χ1) is 12.9. The highest BCUT2D eigenvalue weighted by atomic mass is 16.7.